The molecule has 0 radical (unpaired) electrons. The fourth-order valence-corrected chi connectivity index (χ4v) is 5.24. The fraction of sp³-hybridized carbons (Fsp3) is 0.343. The van der Waals surface area contributed by atoms with Gasteiger partial charge in [0, 0.05) is 36.1 Å². The van der Waals surface area contributed by atoms with E-state index in [2.05, 4.69) is 40.0 Å². The second-order valence-electron chi connectivity index (χ2n) is 11.2. The Morgan fingerprint density at radius 2 is 1.74 bits per heavy atom. The summed E-state index contributed by atoms with van der Waals surface area (Å²) in [6.45, 7) is 12.0. The molecular weight excluding hydrogens is 605 g/mol. The van der Waals surface area contributed by atoms with Crippen LogP contribution in [-0.4, -0.2) is 59.4 Å². The molecule has 1 amide bonds. The van der Waals surface area contributed by atoms with Crippen LogP contribution in [0.15, 0.2) is 78.1 Å². The number of nitrogens with zero attached hydrogens (tertiary/aromatic N) is 3. The Morgan fingerprint density at radius 3 is 2.45 bits per heavy atom. The third kappa shape index (κ3) is 8.70. The molecule has 12 heteroatoms. The van der Waals surface area contributed by atoms with Crippen molar-refractivity contribution in [3.05, 3.63) is 94.8 Å². The average molecular weight is 649 g/mol. The number of allylic oxidation sites excluding steroid dienone is 1. The van der Waals surface area contributed by atoms with Gasteiger partial charge in [0.15, 0.2) is 0 Å². The minimum atomic E-state index is -4.56. The Bertz CT molecular complexity index is 1740. The predicted molar refractivity (Wildman–Crippen MR) is 184 cm³/mol. The molecule has 0 aliphatic carbocycles. The minimum Gasteiger partial charge on any atom is -0.375 e. The molecule has 250 valence electrons. The van der Waals surface area contributed by atoms with Gasteiger partial charge < -0.3 is 26.2 Å². The van der Waals surface area contributed by atoms with E-state index in [1.807, 2.05) is 45.2 Å². The lowest BCUT2D eigenvalue weighted by molar-refractivity contribution is -0.137. The minimum absolute atomic E-state index is 0.106. The van der Waals surface area contributed by atoms with E-state index in [4.69, 9.17) is 4.98 Å². The number of hydrogen-bond donors (Lipinski definition) is 5. The van der Waals surface area contributed by atoms with Gasteiger partial charge in [-0.15, -0.1) is 0 Å². The summed E-state index contributed by atoms with van der Waals surface area (Å²) in [6, 6.07) is 17.0. The lowest BCUT2D eigenvalue weighted by atomic mass is 10.1. The van der Waals surface area contributed by atoms with E-state index in [0.717, 1.165) is 68.1 Å². The number of aryl methyl sites for hydroxylation is 1. The van der Waals surface area contributed by atoms with Gasteiger partial charge in [0.25, 0.3) is 5.91 Å². The number of halogens is 3. The number of alkyl halides is 3. The molecule has 0 saturated heterocycles. The van der Waals surface area contributed by atoms with Crippen molar-refractivity contribution in [1.82, 2.24) is 25.1 Å². The maximum Gasteiger partial charge on any atom is 0.416 e. The zero-order chi connectivity index (χ0) is 34.1. The zero-order valence-electron chi connectivity index (χ0n) is 27.5. The number of benzene rings is 3. The lowest BCUT2D eigenvalue weighted by Crippen LogP contribution is -2.30. The number of hydrogen-bond acceptors (Lipinski definition) is 7. The van der Waals surface area contributed by atoms with Gasteiger partial charge in [0.1, 0.15) is 11.7 Å². The number of anilines is 3. The number of nitrogens with one attached hydrogen (secondary N) is 5. The van der Waals surface area contributed by atoms with Crippen LogP contribution >= 0.6 is 0 Å². The second-order valence-corrected chi connectivity index (χ2v) is 11.2. The van der Waals surface area contributed by atoms with Crippen LogP contribution in [0.5, 0.6) is 0 Å². The Kier molecular flexibility index (Phi) is 11.7. The van der Waals surface area contributed by atoms with Gasteiger partial charge in [0.2, 0.25) is 5.95 Å². The molecule has 9 nitrogen and oxygen atoms in total. The van der Waals surface area contributed by atoms with Crippen molar-refractivity contribution in [2.75, 3.05) is 43.9 Å². The summed E-state index contributed by atoms with van der Waals surface area (Å²) in [5.41, 5.74) is 2.95. The van der Waals surface area contributed by atoms with Crippen LogP contribution in [0, 0.1) is 12.3 Å². The molecule has 47 heavy (non-hydrogen) atoms. The molecule has 1 heterocycles. The number of aromatic nitrogens is 2. The molecule has 3 aromatic carbocycles. The predicted octanol–water partition coefficient (Wildman–Crippen LogP) is 7.35. The highest BCUT2D eigenvalue weighted by atomic mass is 19.4. The van der Waals surface area contributed by atoms with E-state index < -0.39 is 17.6 Å². The van der Waals surface area contributed by atoms with Gasteiger partial charge in [-0.25, -0.2) is 4.98 Å². The highest BCUT2D eigenvalue weighted by molar-refractivity contribution is 6.06. The largest absolute Gasteiger partial charge is 0.416 e. The molecule has 0 fully saturated rings. The number of rotatable bonds is 14. The zero-order valence-corrected chi connectivity index (χ0v) is 27.5. The molecule has 0 atom stereocenters. The van der Waals surface area contributed by atoms with Crippen molar-refractivity contribution >= 4 is 40.1 Å². The highest BCUT2D eigenvalue weighted by Crippen LogP contribution is 2.31. The highest BCUT2D eigenvalue weighted by Gasteiger charge is 2.31. The quantitative estimate of drug-likeness (QED) is 0.0556. The van der Waals surface area contributed by atoms with Crippen molar-refractivity contribution in [2.45, 2.75) is 46.7 Å². The number of para-hydroxylation sites is 2. The molecular formula is C35H43F3N8O. The van der Waals surface area contributed by atoms with Crippen LogP contribution < -0.4 is 21.3 Å². The molecule has 4 rings (SSSR count). The Hall–Kier alpha value is -4.84. The summed E-state index contributed by atoms with van der Waals surface area (Å²) >= 11 is 0. The Labute approximate surface area is 273 Å². The first-order valence-electron chi connectivity index (χ1n) is 15.7. The van der Waals surface area contributed by atoms with Crippen LogP contribution in [0.25, 0.3) is 11.0 Å². The van der Waals surface area contributed by atoms with Crippen LogP contribution in [-0.2, 0) is 6.18 Å². The van der Waals surface area contributed by atoms with E-state index in [1.54, 1.807) is 22.8 Å². The number of carbonyl (C=O) groups is 1. The van der Waals surface area contributed by atoms with Crippen LogP contribution in [0.3, 0.4) is 0 Å². The Balaban J connectivity index is 1.57. The monoisotopic (exact) mass is 648 g/mol. The lowest BCUT2D eigenvalue weighted by Gasteiger charge is -2.19. The van der Waals surface area contributed by atoms with E-state index >= 15 is 0 Å². The maximum absolute atomic E-state index is 13.2. The summed E-state index contributed by atoms with van der Waals surface area (Å²) in [5, 5.41) is 21.9. The van der Waals surface area contributed by atoms with Gasteiger partial charge >= 0.3 is 6.18 Å². The van der Waals surface area contributed by atoms with Crippen molar-refractivity contribution in [3.8, 4) is 0 Å². The van der Waals surface area contributed by atoms with Crippen LogP contribution in [0.4, 0.5) is 30.5 Å². The third-order valence-corrected chi connectivity index (χ3v) is 8.06. The molecule has 0 saturated carbocycles. The standard InChI is InChI=1S/C35H43F3N8O/c1-6-45(7-2)20-11-10-19-41-32(40-5)24(4)31(39)46-30-16-9-8-15-28(30)43-34(46)44-29-22-27(18-17-23(29)3)42-33(47)25-13-12-14-26(21-25)35(36,37)38/h8-9,12-18,21-22,39-41H,6-7,10-11,19-20H2,1-5H3,(H,42,47)(H,43,44)/b32-24+,39-31?. The third-order valence-electron chi connectivity index (χ3n) is 8.06. The molecule has 0 aliphatic rings. The number of fused-ring (bicyclic) bond motifs is 1. The van der Waals surface area contributed by atoms with Crippen LogP contribution in [0.1, 0.15) is 55.1 Å². The van der Waals surface area contributed by atoms with Crippen molar-refractivity contribution < 1.29 is 18.0 Å². The summed E-state index contributed by atoms with van der Waals surface area (Å²) < 4.78 is 41.3. The summed E-state index contributed by atoms with van der Waals surface area (Å²) in [7, 11) is 1.82. The molecule has 0 spiro atoms. The van der Waals surface area contributed by atoms with E-state index in [-0.39, 0.29) is 11.4 Å². The first-order chi connectivity index (χ1) is 22.5. The summed E-state index contributed by atoms with van der Waals surface area (Å²) in [6.07, 6.45) is -2.50. The van der Waals surface area contributed by atoms with Gasteiger partial charge in [-0.3, -0.25) is 14.8 Å². The summed E-state index contributed by atoms with van der Waals surface area (Å²) in [5.74, 6) is 0.695. The number of amides is 1. The van der Waals surface area contributed by atoms with Gasteiger partial charge in [-0.05, 0) is 94.4 Å². The van der Waals surface area contributed by atoms with E-state index in [0.29, 0.717) is 28.4 Å². The van der Waals surface area contributed by atoms with Crippen molar-refractivity contribution in [2.24, 2.45) is 0 Å². The molecule has 0 unspecified atom stereocenters. The van der Waals surface area contributed by atoms with E-state index in [9.17, 15) is 23.4 Å². The number of carbonyl (C=O) groups excluding carboxylic acids is 1. The number of unbranched alkanes of at least 4 members (excludes halogenated alkanes) is 1. The topological polar surface area (TPSA) is 110 Å². The molecule has 4 aromatic rings. The van der Waals surface area contributed by atoms with Crippen molar-refractivity contribution in [3.63, 3.8) is 0 Å². The normalized spacial score (nSPS) is 12.2. The summed E-state index contributed by atoms with van der Waals surface area (Å²) in [4.78, 5) is 20.1. The first kappa shape index (κ1) is 35.0. The first-order valence-corrected chi connectivity index (χ1v) is 15.7. The molecule has 1 aromatic heterocycles. The maximum atomic E-state index is 13.2. The molecule has 5 N–H and O–H groups in total. The molecule has 0 aliphatic heterocycles. The average Bonchev–Trinajstić information content (AvgIpc) is 3.43. The van der Waals surface area contributed by atoms with Gasteiger partial charge in [0.05, 0.1) is 16.6 Å². The van der Waals surface area contributed by atoms with E-state index in [1.165, 1.54) is 12.1 Å². The van der Waals surface area contributed by atoms with Gasteiger partial charge in [-0.1, -0.05) is 38.1 Å². The van der Waals surface area contributed by atoms with Gasteiger partial charge in [-0.2, -0.15) is 13.2 Å². The van der Waals surface area contributed by atoms with Crippen LogP contribution in [0.2, 0.25) is 0 Å². The number of imidazole rings is 1. The van der Waals surface area contributed by atoms with Crippen molar-refractivity contribution in [1.29, 1.82) is 5.41 Å². The fourth-order valence-electron chi connectivity index (χ4n) is 5.24. The smallest absolute Gasteiger partial charge is 0.375 e. The second kappa shape index (κ2) is 15.6. The molecule has 0 bridgehead atoms. The SMILES string of the molecule is CCN(CC)CCCCN/C(NC)=C(\C)C(=N)n1c(Nc2cc(NC(=O)c3cccc(C(F)(F)F)c3)ccc2C)nc2ccccc21. The Morgan fingerprint density at radius 1 is 1.00 bits per heavy atom.